The number of nitrogens with one attached hydrogen (secondary N) is 2. The van der Waals surface area contributed by atoms with Crippen LogP contribution in [0.4, 0.5) is 17.5 Å². The summed E-state index contributed by atoms with van der Waals surface area (Å²) in [7, 11) is 4.17. The number of rotatable bonds is 8. The van der Waals surface area contributed by atoms with Gasteiger partial charge in [0.25, 0.3) is 0 Å². The number of hydrogen-bond donors (Lipinski definition) is 2. The lowest BCUT2D eigenvalue weighted by molar-refractivity contribution is 0.405. The van der Waals surface area contributed by atoms with Crippen molar-refractivity contribution in [2.24, 2.45) is 0 Å². The molecule has 0 fully saturated rings. The second kappa shape index (κ2) is 8.97. The summed E-state index contributed by atoms with van der Waals surface area (Å²) < 4.78 is 0. The molecule has 0 saturated heterocycles. The first-order chi connectivity index (χ1) is 12.7. The molecular formula is C21H25N5. The minimum Gasteiger partial charge on any atom is -0.370 e. The Hall–Kier alpha value is -2.92. The number of benzene rings is 2. The molecule has 0 aliphatic rings. The first kappa shape index (κ1) is 17.9. The van der Waals surface area contributed by atoms with Gasteiger partial charge in [-0.1, -0.05) is 48.5 Å². The first-order valence-electron chi connectivity index (χ1n) is 8.86. The molecule has 1 heterocycles. The first-order valence-corrected chi connectivity index (χ1v) is 8.86. The zero-order valence-corrected chi connectivity index (χ0v) is 15.3. The number of para-hydroxylation sites is 1. The van der Waals surface area contributed by atoms with Crippen molar-refractivity contribution < 1.29 is 0 Å². The average Bonchev–Trinajstić information content (AvgIpc) is 2.66. The van der Waals surface area contributed by atoms with E-state index in [0.29, 0.717) is 5.95 Å². The van der Waals surface area contributed by atoms with Gasteiger partial charge in [0.05, 0.1) is 5.69 Å². The highest BCUT2D eigenvalue weighted by atomic mass is 15.1. The van der Waals surface area contributed by atoms with Crippen LogP contribution in [-0.4, -0.2) is 42.1 Å². The van der Waals surface area contributed by atoms with Crippen molar-refractivity contribution in [1.82, 2.24) is 14.9 Å². The van der Waals surface area contributed by atoms with E-state index < -0.39 is 0 Å². The van der Waals surface area contributed by atoms with E-state index in [2.05, 4.69) is 51.7 Å². The standard InChI is InChI=1S/C21H25N5/c1-26(2)15-9-14-22-20-16-19(17-10-5-3-6-11-17)24-21(25-20)23-18-12-7-4-8-13-18/h3-8,10-13,16H,9,14-15H2,1-2H3,(H2,22,23,24,25). The molecule has 0 atom stereocenters. The maximum Gasteiger partial charge on any atom is 0.229 e. The molecule has 3 rings (SSSR count). The van der Waals surface area contributed by atoms with Crippen LogP contribution >= 0.6 is 0 Å². The van der Waals surface area contributed by atoms with E-state index in [1.807, 2.05) is 54.6 Å². The van der Waals surface area contributed by atoms with Crippen LogP contribution in [0, 0.1) is 0 Å². The second-order valence-electron chi connectivity index (χ2n) is 6.40. The molecule has 0 spiro atoms. The van der Waals surface area contributed by atoms with Crippen molar-refractivity contribution in [3.05, 3.63) is 66.7 Å². The number of anilines is 3. The van der Waals surface area contributed by atoms with Gasteiger partial charge in [0.2, 0.25) is 5.95 Å². The van der Waals surface area contributed by atoms with Gasteiger partial charge in [0.15, 0.2) is 0 Å². The molecular weight excluding hydrogens is 322 g/mol. The minimum absolute atomic E-state index is 0.590. The minimum atomic E-state index is 0.590. The average molecular weight is 347 g/mol. The van der Waals surface area contributed by atoms with Crippen molar-refractivity contribution in [1.29, 1.82) is 0 Å². The molecule has 0 saturated carbocycles. The van der Waals surface area contributed by atoms with Crippen molar-refractivity contribution in [3.63, 3.8) is 0 Å². The molecule has 0 amide bonds. The summed E-state index contributed by atoms with van der Waals surface area (Å²) in [6, 6.07) is 22.1. The third-order valence-corrected chi connectivity index (χ3v) is 3.91. The van der Waals surface area contributed by atoms with Gasteiger partial charge < -0.3 is 15.5 Å². The van der Waals surface area contributed by atoms with Crippen LogP contribution < -0.4 is 10.6 Å². The summed E-state index contributed by atoms with van der Waals surface area (Å²) in [5.41, 5.74) is 2.94. The van der Waals surface area contributed by atoms with Crippen molar-refractivity contribution in [2.75, 3.05) is 37.8 Å². The molecule has 2 N–H and O–H groups in total. The SMILES string of the molecule is CN(C)CCCNc1cc(-c2ccccc2)nc(Nc2ccccc2)n1. The highest BCUT2D eigenvalue weighted by Gasteiger charge is 2.07. The van der Waals surface area contributed by atoms with Gasteiger partial charge in [-0.2, -0.15) is 4.98 Å². The lowest BCUT2D eigenvalue weighted by Gasteiger charge is -2.13. The molecule has 1 aromatic heterocycles. The molecule has 5 heteroatoms. The van der Waals surface area contributed by atoms with Crippen LogP contribution in [-0.2, 0) is 0 Å². The lowest BCUT2D eigenvalue weighted by Crippen LogP contribution is -2.16. The Balaban J connectivity index is 1.82. The third-order valence-electron chi connectivity index (χ3n) is 3.91. The second-order valence-corrected chi connectivity index (χ2v) is 6.40. The molecule has 0 radical (unpaired) electrons. The highest BCUT2D eigenvalue weighted by molar-refractivity contribution is 5.66. The summed E-state index contributed by atoms with van der Waals surface area (Å²) in [5, 5.41) is 6.71. The summed E-state index contributed by atoms with van der Waals surface area (Å²) in [5.74, 6) is 1.42. The monoisotopic (exact) mass is 347 g/mol. The summed E-state index contributed by atoms with van der Waals surface area (Å²) >= 11 is 0. The molecule has 134 valence electrons. The van der Waals surface area contributed by atoms with E-state index in [0.717, 1.165) is 42.3 Å². The van der Waals surface area contributed by atoms with Crippen LogP contribution in [0.25, 0.3) is 11.3 Å². The van der Waals surface area contributed by atoms with Crippen molar-refractivity contribution in [2.45, 2.75) is 6.42 Å². The van der Waals surface area contributed by atoms with Gasteiger partial charge >= 0.3 is 0 Å². The fourth-order valence-electron chi connectivity index (χ4n) is 2.61. The van der Waals surface area contributed by atoms with Crippen molar-refractivity contribution in [3.8, 4) is 11.3 Å². The van der Waals surface area contributed by atoms with E-state index in [-0.39, 0.29) is 0 Å². The van der Waals surface area contributed by atoms with Gasteiger partial charge in [-0.25, -0.2) is 4.98 Å². The van der Waals surface area contributed by atoms with E-state index in [4.69, 9.17) is 0 Å². The Bertz CT molecular complexity index is 803. The van der Waals surface area contributed by atoms with E-state index in [1.165, 1.54) is 0 Å². The lowest BCUT2D eigenvalue weighted by atomic mass is 10.1. The van der Waals surface area contributed by atoms with Crippen LogP contribution in [0.3, 0.4) is 0 Å². The highest BCUT2D eigenvalue weighted by Crippen LogP contribution is 2.23. The van der Waals surface area contributed by atoms with Gasteiger partial charge in [-0.15, -0.1) is 0 Å². The van der Waals surface area contributed by atoms with E-state index in [9.17, 15) is 0 Å². The Morgan fingerprint density at radius 1 is 0.885 bits per heavy atom. The molecule has 0 unspecified atom stereocenters. The summed E-state index contributed by atoms with van der Waals surface area (Å²) in [6.45, 7) is 1.91. The largest absolute Gasteiger partial charge is 0.370 e. The normalized spacial score (nSPS) is 10.7. The van der Waals surface area contributed by atoms with Crippen LogP contribution in [0.5, 0.6) is 0 Å². The van der Waals surface area contributed by atoms with Gasteiger partial charge in [-0.05, 0) is 39.2 Å². The predicted molar refractivity (Wildman–Crippen MR) is 109 cm³/mol. The number of nitrogens with zero attached hydrogens (tertiary/aromatic N) is 3. The smallest absolute Gasteiger partial charge is 0.229 e. The van der Waals surface area contributed by atoms with E-state index in [1.54, 1.807) is 0 Å². The maximum atomic E-state index is 4.68. The predicted octanol–water partition coefficient (Wildman–Crippen LogP) is 4.25. The van der Waals surface area contributed by atoms with Crippen molar-refractivity contribution >= 4 is 17.5 Å². The Morgan fingerprint density at radius 3 is 2.27 bits per heavy atom. The van der Waals surface area contributed by atoms with Crippen LogP contribution in [0.15, 0.2) is 66.7 Å². The Labute approximate surface area is 155 Å². The molecule has 0 aliphatic carbocycles. The van der Waals surface area contributed by atoms with Gasteiger partial charge in [0, 0.05) is 23.9 Å². The fourth-order valence-corrected chi connectivity index (χ4v) is 2.61. The third kappa shape index (κ3) is 5.29. The maximum absolute atomic E-state index is 4.68. The van der Waals surface area contributed by atoms with Gasteiger partial charge in [0.1, 0.15) is 5.82 Å². The summed E-state index contributed by atoms with van der Waals surface area (Å²) in [4.78, 5) is 11.5. The molecule has 2 aromatic carbocycles. The Kier molecular flexibility index (Phi) is 6.17. The topological polar surface area (TPSA) is 53.1 Å². The van der Waals surface area contributed by atoms with E-state index >= 15 is 0 Å². The quantitative estimate of drug-likeness (QED) is 0.597. The molecule has 26 heavy (non-hydrogen) atoms. The van der Waals surface area contributed by atoms with Gasteiger partial charge in [-0.3, -0.25) is 0 Å². The number of aromatic nitrogens is 2. The Morgan fingerprint density at radius 2 is 1.58 bits per heavy atom. The number of hydrogen-bond acceptors (Lipinski definition) is 5. The molecule has 0 aliphatic heterocycles. The van der Waals surface area contributed by atoms with Crippen LogP contribution in [0.1, 0.15) is 6.42 Å². The fraction of sp³-hybridized carbons (Fsp3) is 0.238. The van der Waals surface area contributed by atoms with Crippen LogP contribution in [0.2, 0.25) is 0 Å². The summed E-state index contributed by atoms with van der Waals surface area (Å²) in [6.07, 6.45) is 1.05. The molecule has 5 nitrogen and oxygen atoms in total. The zero-order chi connectivity index (χ0) is 18.2. The zero-order valence-electron chi connectivity index (χ0n) is 15.3. The molecule has 0 bridgehead atoms. The molecule has 3 aromatic rings.